The van der Waals surface area contributed by atoms with Gasteiger partial charge in [0, 0.05) is 0 Å². The lowest BCUT2D eigenvalue weighted by Gasteiger charge is -2.06. The van der Waals surface area contributed by atoms with Crippen LogP contribution in [0.4, 0.5) is 4.39 Å². The summed E-state index contributed by atoms with van der Waals surface area (Å²) in [6, 6.07) is 7.60. The molecule has 0 amide bonds. The predicted molar refractivity (Wildman–Crippen MR) is 70.6 cm³/mol. The van der Waals surface area contributed by atoms with E-state index in [1.165, 1.54) is 12.1 Å². The summed E-state index contributed by atoms with van der Waals surface area (Å²) in [5, 5.41) is -0.0425. The molecular formula is C12H7Cl2FO2S. The maximum atomic E-state index is 13.5. The molecule has 2 rings (SSSR count). The van der Waals surface area contributed by atoms with E-state index in [4.69, 9.17) is 27.9 Å². The van der Waals surface area contributed by atoms with Crippen LogP contribution < -0.4 is 4.74 Å². The molecule has 2 aromatic rings. The quantitative estimate of drug-likeness (QED) is 0.780. The number of hydrogen-bond acceptors (Lipinski definition) is 3. The molecule has 0 N–H and O–H groups in total. The molecule has 1 aromatic carbocycles. The minimum Gasteiger partial charge on any atom is -0.482 e. The third kappa shape index (κ3) is 3.02. The second-order valence-electron chi connectivity index (χ2n) is 3.37. The van der Waals surface area contributed by atoms with E-state index in [9.17, 15) is 9.18 Å². The SMILES string of the molecule is O=C(COc1cccc(Cl)c1F)c1ccc(Cl)s1. The third-order valence-corrected chi connectivity index (χ3v) is 3.69. The van der Waals surface area contributed by atoms with Crippen molar-refractivity contribution in [2.24, 2.45) is 0 Å². The van der Waals surface area contributed by atoms with Gasteiger partial charge in [-0.15, -0.1) is 11.3 Å². The van der Waals surface area contributed by atoms with Crippen LogP contribution in [0, 0.1) is 5.82 Å². The Morgan fingerprint density at radius 2 is 2.06 bits per heavy atom. The minimum absolute atomic E-state index is 0.0425. The molecule has 0 unspecified atom stereocenters. The lowest BCUT2D eigenvalue weighted by Crippen LogP contribution is -2.10. The number of hydrogen-bond donors (Lipinski definition) is 0. The molecule has 0 bridgehead atoms. The highest BCUT2D eigenvalue weighted by atomic mass is 35.5. The number of carbonyl (C=O) groups is 1. The number of halogens is 3. The van der Waals surface area contributed by atoms with Gasteiger partial charge in [0.05, 0.1) is 14.2 Å². The van der Waals surface area contributed by atoms with Gasteiger partial charge in [0.2, 0.25) is 5.78 Å². The number of benzene rings is 1. The topological polar surface area (TPSA) is 26.3 Å². The summed E-state index contributed by atoms with van der Waals surface area (Å²) in [7, 11) is 0. The molecule has 2 nitrogen and oxygen atoms in total. The predicted octanol–water partition coefficient (Wildman–Crippen LogP) is 4.46. The molecule has 6 heteroatoms. The smallest absolute Gasteiger partial charge is 0.210 e. The van der Waals surface area contributed by atoms with Crippen molar-refractivity contribution in [2.75, 3.05) is 6.61 Å². The monoisotopic (exact) mass is 304 g/mol. The number of carbonyl (C=O) groups excluding carboxylic acids is 1. The first-order valence-corrected chi connectivity index (χ1v) is 6.50. The van der Waals surface area contributed by atoms with E-state index in [1.807, 2.05) is 0 Å². The van der Waals surface area contributed by atoms with Gasteiger partial charge in [0.1, 0.15) is 0 Å². The van der Waals surface area contributed by atoms with E-state index in [0.29, 0.717) is 9.21 Å². The lowest BCUT2D eigenvalue weighted by atomic mass is 10.3. The highest BCUT2D eigenvalue weighted by Gasteiger charge is 2.12. The highest BCUT2D eigenvalue weighted by molar-refractivity contribution is 7.18. The molecule has 18 heavy (non-hydrogen) atoms. The first-order chi connectivity index (χ1) is 8.58. The molecule has 0 aliphatic heterocycles. The number of ketones is 1. The summed E-state index contributed by atoms with van der Waals surface area (Å²) >= 11 is 12.5. The summed E-state index contributed by atoms with van der Waals surface area (Å²) in [6.07, 6.45) is 0. The summed E-state index contributed by atoms with van der Waals surface area (Å²) in [5.74, 6) is -0.971. The van der Waals surface area contributed by atoms with Gasteiger partial charge in [-0.3, -0.25) is 4.79 Å². The van der Waals surface area contributed by atoms with Gasteiger partial charge in [-0.05, 0) is 24.3 Å². The molecule has 0 saturated heterocycles. The molecule has 0 saturated carbocycles. The summed E-state index contributed by atoms with van der Waals surface area (Å²) in [4.78, 5) is 12.2. The molecule has 0 radical (unpaired) electrons. The van der Waals surface area contributed by atoms with Crippen LogP contribution in [0.2, 0.25) is 9.36 Å². The van der Waals surface area contributed by atoms with Gasteiger partial charge in [-0.2, -0.15) is 0 Å². The Morgan fingerprint density at radius 1 is 1.28 bits per heavy atom. The van der Waals surface area contributed by atoms with Gasteiger partial charge in [0.25, 0.3) is 0 Å². The van der Waals surface area contributed by atoms with Crippen LogP contribution in [0.3, 0.4) is 0 Å². The van der Waals surface area contributed by atoms with Gasteiger partial charge in [-0.25, -0.2) is 4.39 Å². The molecule has 0 fully saturated rings. The van der Waals surface area contributed by atoms with Gasteiger partial charge >= 0.3 is 0 Å². The number of ether oxygens (including phenoxy) is 1. The normalized spacial score (nSPS) is 10.4. The molecule has 94 valence electrons. The second kappa shape index (κ2) is 5.69. The Bertz CT molecular complexity index is 583. The van der Waals surface area contributed by atoms with E-state index in [-0.39, 0.29) is 23.2 Å². The number of rotatable bonds is 4. The first-order valence-electron chi connectivity index (χ1n) is 4.93. The van der Waals surface area contributed by atoms with Crippen molar-refractivity contribution >= 4 is 40.3 Å². The highest BCUT2D eigenvalue weighted by Crippen LogP contribution is 2.25. The van der Waals surface area contributed by atoms with E-state index in [2.05, 4.69) is 0 Å². The zero-order valence-electron chi connectivity index (χ0n) is 8.95. The molecule has 0 spiro atoms. The fraction of sp³-hybridized carbons (Fsp3) is 0.0833. The second-order valence-corrected chi connectivity index (χ2v) is 5.49. The summed E-state index contributed by atoms with van der Waals surface area (Å²) in [6.45, 7) is -0.256. The Balaban J connectivity index is 2.04. The van der Waals surface area contributed by atoms with Crippen LogP contribution in [0.5, 0.6) is 5.75 Å². The zero-order valence-corrected chi connectivity index (χ0v) is 11.3. The first kappa shape index (κ1) is 13.3. The Morgan fingerprint density at radius 3 is 2.72 bits per heavy atom. The molecule has 0 aliphatic carbocycles. The Kier molecular flexibility index (Phi) is 4.22. The van der Waals surface area contributed by atoms with Crippen LogP contribution in [0.1, 0.15) is 9.67 Å². The molecule has 0 aliphatic rings. The zero-order chi connectivity index (χ0) is 13.1. The fourth-order valence-electron chi connectivity index (χ4n) is 1.27. The van der Waals surface area contributed by atoms with Gasteiger partial charge < -0.3 is 4.74 Å². The third-order valence-electron chi connectivity index (χ3n) is 2.12. The van der Waals surface area contributed by atoms with Crippen molar-refractivity contribution in [3.8, 4) is 5.75 Å². The van der Waals surface area contributed by atoms with Gasteiger partial charge in [-0.1, -0.05) is 29.3 Å². The van der Waals surface area contributed by atoms with Crippen molar-refractivity contribution in [2.45, 2.75) is 0 Å². The lowest BCUT2D eigenvalue weighted by molar-refractivity contribution is 0.0923. The van der Waals surface area contributed by atoms with Crippen molar-refractivity contribution in [1.29, 1.82) is 0 Å². The molecule has 1 heterocycles. The largest absolute Gasteiger partial charge is 0.482 e. The molecule has 1 aromatic heterocycles. The van der Waals surface area contributed by atoms with Gasteiger partial charge in [0.15, 0.2) is 18.2 Å². The van der Waals surface area contributed by atoms with Crippen molar-refractivity contribution in [3.05, 3.63) is 50.4 Å². The van der Waals surface area contributed by atoms with Crippen molar-refractivity contribution < 1.29 is 13.9 Å². The van der Waals surface area contributed by atoms with Crippen LogP contribution >= 0.6 is 34.5 Å². The molecule has 0 atom stereocenters. The minimum atomic E-state index is -0.670. The Hall–Kier alpha value is -1.10. The average Bonchev–Trinajstić information content (AvgIpc) is 2.77. The standard InChI is InChI=1S/C12H7Cl2FO2S/c13-7-2-1-3-9(12(7)15)17-6-8(16)10-4-5-11(14)18-10/h1-5H,6H2. The van der Waals surface area contributed by atoms with Crippen molar-refractivity contribution in [1.82, 2.24) is 0 Å². The van der Waals surface area contributed by atoms with Crippen LogP contribution in [-0.2, 0) is 0 Å². The molecular weight excluding hydrogens is 298 g/mol. The van der Waals surface area contributed by atoms with E-state index >= 15 is 0 Å². The maximum absolute atomic E-state index is 13.5. The number of thiophene rings is 1. The summed E-state index contributed by atoms with van der Waals surface area (Å²) in [5.41, 5.74) is 0. The average molecular weight is 305 g/mol. The van der Waals surface area contributed by atoms with Crippen LogP contribution in [0.15, 0.2) is 30.3 Å². The maximum Gasteiger partial charge on any atom is 0.210 e. The van der Waals surface area contributed by atoms with Crippen molar-refractivity contribution in [3.63, 3.8) is 0 Å². The Labute approximate surface area is 117 Å². The summed E-state index contributed by atoms with van der Waals surface area (Å²) < 4.78 is 19.1. The van der Waals surface area contributed by atoms with Crippen LogP contribution in [-0.4, -0.2) is 12.4 Å². The fourth-order valence-corrected chi connectivity index (χ4v) is 2.41. The number of Topliss-reactive ketones (excluding diaryl/α,β-unsaturated/α-hetero) is 1. The van der Waals surface area contributed by atoms with E-state index in [1.54, 1.807) is 18.2 Å². The van der Waals surface area contributed by atoms with E-state index in [0.717, 1.165) is 11.3 Å². The van der Waals surface area contributed by atoms with Crippen LogP contribution in [0.25, 0.3) is 0 Å². The van der Waals surface area contributed by atoms with E-state index < -0.39 is 5.82 Å².